The van der Waals surface area contributed by atoms with E-state index in [0.717, 1.165) is 41.0 Å². The van der Waals surface area contributed by atoms with Crippen molar-refractivity contribution >= 4 is 41.9 Å². The number of allylic oxidation sites excluding steroid dienone is 1. The van der Waals surface area contributed by atoms with E-state index in [0.29, 0.717) is 16.1 Å². The van der Waals surface area contributed by atoms with Crippen LogP contribution in [0.15, 0.2) is 72.8 Å². The molecule has 35 heavy (non-hydrogen) atoms. The fourth-order valence-corrected chi connectivity index (χ4v) is 4.24. The number of aromatic hydroxyl groups is 1. The molecule has 0 saturated heterocycles. The lowest BCUT2D eigenvalue weighted by molar-refractivity contribution is 0.180. The van der Waals surface area contributed by atoms with Crippen LogP contribution < -0.4 is 10.8 Å². The van der Waals surface area contributed by atoms with Gasteiger partial charge in [-0.1, -0.05) is 42.5 Å². The lowest BCUT2D eigenvalue weighted by atomic mass is 10.0. The van der Waals surface area contributed by atoms with E-state index in [1.807, 2.05) is 43.4 Å². The first-order valence-electron chi connectivity index (χ1n) is 11.2. The van der Waals surface area contributed by atoms with Crippen LogP contribution in [-0.2, 0) is 17.9 Å². The second-order valence-electron chi connectivity index (χ2n) is 7.91. The van der Waals surface area contributed by atoms with Gasteiger partial charge in [-0.3, -0.25) is 25.1 Å². The maximum atomic E-state index is 9.40. The van der Waals surface area contributed by atoms with E-state index in [2.05, 4.69) is 51.3 Å². The summed E-state index contributed by atoms with van der Waals surface area (Å²) in [5, 5.41) is 18.3. The molecule has 1 aromatic heterocycles. The fourth-order valence-electron chi connectivity index (χ4n) is 3.69. The van der Waals surface area contributed by atoms with E-state index in [9.17, 15) is 5.11 Å². The molecule has 0 unspecified atom stereocenters. The second kappa shape index (κ2) is 11.7. The highest BCUT2D eigenvalue weighted by atomic mass is 32.1. The van der Waals surface area contributed by atoms with E-state index in [1.165, 1.54) is 5.56 Å². The molecule has 0 bridgehead atoms. The topological polar surface area (TPSA) is 90.0 Å². The molecule has 9 heteroatoms. The molecule has 3 aromatic carbocycles. The molecule has 0 spiro atoms. The largest absolute Gasteiger partial charge is 0.508 e. The van der Waals surface area contributed by atoms with Crippen molar-refractivity contribution in [3.05, 3.63) is 99.0 Å². The predicted octanol–water partition coefficient (Wildman–Crippen LogP) is 6.53. The Labute approximate surface area is 214 Å². The first-order chi connectivity index (χ1) is 17.0. The minimum absolute atomic E-state index is 0.274. The number of nitrogens with one attached hydrogen (secondary N) is 4. The lowest BCUT2D eigenvalue weighted by Gasteiger charge is -2.12. The number of benzene rings is 3. The molecular formula is C26H27N5O2S2. The third-order valence-electron chi connectivity index (χ3n) is 5.44. The number of rotatable bonds is 10. The smallest absolute Gasteiger partial charge is 0.198 e. The Bertz CT molecular complexity index is 1390. The van der Waals surface area contributed by atoms with E-state index in [4.69, 9.17) is 29.3 Å². The van der Waals surface area contributed by atoms with E-state index in [1.54, 1.807) is 16.7 Å². The van der Waals surface area contributed by atoms with Gasteiger partial charge in [0.05, 0.1) is 18.0 Å². The molecule has 0 atom stereocenters. The van der Waals surface area contributed by atoms with Crippen LogP contribution in [0.25, 0.3) is 11.8 Å². The van der Waals surface area contributed by atoms with Gasteiger partial charge >= 0.3 is 0 Å². The summed E-state index contributed by atoms with van der Waals surface area (Å²) in [5.41, 5.74) is 9.11. The number of H-pyrrole nitrogens is 2. The number of aryl methyl sites for hydroxylation is 1. The molecule has 0 aliphatic rings. The average Bonchev–Trinajstić information content (AvgIpc) is 3.21. The Balaban J connectivity index is 1.35. The number of phenols is 1. The van der Waals surface area contributed by atoms with E-state index >= 15 is 0 Å². The first-order valence-corrected chi connectivity index (χ1v) is 12.0. The average molecular weight is 506 g/mol. The summed E-state index contributed by atoms with van der Waals surface area (Å²) in [5.74, 6) is 0.274. The van der Waals surface area contributed by atoms with Crippen molar-refractivity contribution in [2.24, 2.45) is 0 Å². The van der Waals surface area contributed by atoms with Gasteiger partial charge in [0.15, 0.2) is 9.54 Å². The van der Waals surface area contributed by atoms with Crippen LogP contribution in [0.1, 0.15) is 23.1 Å². The maximum Gasteiger partial charge on any atom is 0.198 e. The van der Waals surface area contributed by atoms with Gasteiger partial charge in [-0.05, 0) is 90.4 Å². The maximum absolute atomic E-state index is 9.40. The van der Waals surface area contributed by atoms with Gasteiger partial charge < -0.3 is 10.4 Å². The molecular weight excluding hydrogens is 478 g/mol. The summed E-state index contributed by atoms with van der Waals surface area (Å²) in [7, 11) is 1.93. The third kappa shape index (κ3) is 6.48. The lowest BCUT2D eigenvalue weighted by Crippen LogP contribution is -2.04. The molecule has 180 valence electrons. The molecule has 1 heterocycles. The Morgan fingerprint density at radius 2 is 1.77 bits per heavy atom. The van der Waals surface area contributed by atoms with E-state index < -0.39 is 0 Å². The number of anilines is 2. The van der Waals surface area contributed by atoms with Crippen molar-refractivity contribution in [2.45, 2.75) is 19.4 Å². The molecule has 0 radical (unpaired) electrons. The number of aromatic amines is 2. The molecule has 0 saturated carbocycles. The highest BCUT2D eigenvalue weighted by Gasteiger charge is 2.05. The van der Waals surface area contributed by atoms with Gasteiger partial charge in [0.1, 0.15) is 5.75 Å². The molecule has 0 aliphatic carbocycles. The number of hydrogen-bond donors (Lipinski definition) is 5. The molecule has 4 aromatic rings. The molecule has 0 fully saturated rings. The monoisotopic (exact) mass is 505 g/mol. The normalized spacial score (nSPS) is 11.1. The van der Waals surface area contributed by atoms with Gasteiger partial charge in [0, 0.05) is 12.7 Å². The van der Waals surface area contributed by atoms with Crippen molar-refractivity contribution in [3.63, 3.8) is 0 Å². The molecule has 0 amide bonds. The Morgan fingerprint density at radius 1 is 1.00 bits per heavy atom. The fraction of sp³-hybridized carbons (Fsp3) is 0.154. The molecule has 5 N–H and O–H groups in total. The van der Waals surface area contributed by atoms with Crippen molar-refractivity contribution in [1.82, 2.24) is 14.8 Å². The number of nitrogens with zero attached hydrogens (tertiary/aromatic N) is 1. The highest BCUT2D eigenvalue weighted by Crippen LogP contribution is 2.21. The molecule has 7 nitrogen and oxygen atoms in total. The quantitative estimate of drug-likeness (QED) is 0.124. The highest BCUT2D eigenvalue weighted by molar-refractivity contribution is 7.72. The van der Waals surface area contributed by atoms with E-state index in [-0.39, 0.29) is 5.75 Å². The first kappa shape index (κ1) is 24.5. The summed E-state index contributed by atoms with van der Waals surface area (Å²) < 4.78 is 2.75. The van der Waals surface area contributed by atoms with Crippen LogP contribution in [0.5, 0.6) is 5.75 Å². The van der Waals surface area contributed by atoms with Crippen molar-refractivity contribution in [2.75, 3.05) is 17.8 Å². The number of hydrogen-bond acceptors (Lipinski definition) is 6. The Hall–Kier alpha value is -3.66. The van der Waals surface area contributed by atoms with Gasteiger partial charge in [-0.2, -0.15) is 0 Å². The zero-order valence-corrected chi connectivity index (χ0v) is 20.9. The zero-order valence-electron chi connectivity index (χ0n) is 19.2. The summed E-state index contributed by atoms with van der Waals surface area (Å²) >= 11 is 10.6. The van der Waals surface area contributed by atoms with Crippen molar-refractivity contribution < 1.29 is 9.94 Å². The SMILES string of the molecule is CNc1ccc(CONc2cccc(-n3c(=S)[nH][nH]c3=S)c2)cc1CC/C=C/c1ccc(O)cc1. The Kier molecular flexibility index (Phi) is 8.15. The van der Waals surface area contributed by atoms with Crippen molar-refractivity contribution in [1.29, 1.82) is 0 Å². The van der Waals surface area contributed by atoms with Gasteiger partial charge in [0.2, 0.25) is 0 Å². The van der Waals surface area contributed by atoms with Gasteiger partial charge in [-0.25, -0.2) is 0 Å². The van der Waals surface area contributed by atoms with Crippen LogP contribution >= 0.6 is 24.4 Å². The van der Waals surface area contributed by atoms with Crippen LogP contribution in [0, 0.1) is 9.54 Å². The van der Waals surface area contributed by atoms with Gasteiger partial charge in [-0.15, -0.1) is 0 Å². The van der Waals surface area contributed by atoms with Crippen LogP contribution in [0.3, 0.4) is 0 Å². The summed E-state index contributed by atoms with van der Waals surface area (Å²) in [6, 6.07) is 21.1. The molecule has 4 rings (SSSR count). The minimum atomic E-state index is 0.274. The van der Waals surface area contributed by atoms with Crippen LogP contribution in [0.4, 0.5) is 11.4 Å². The summed E-state index contributed by atoms with van der Waals surface area (Å²) in [6.07, 6.45) is 6.00. The predicted molar refractivity (Wildman–Crippen MR) is 146 cm³/mol. The number of phenolic OH excluding ortho intramolecular Hbond substituents is 1. The molecule has 0 aliphatic heterocycles. The van der Waals surface area contributed by atoms with Crippen LogP contribution in [-0.4, -0.2) is 26.9 Å². The minimum Gasteiger partial charge on any atom is -0.508 e. The number of aromatic nitrogens is 3. The van der Waals surface area contributed by atoms with Gasteiger partial charge in [0.25, 0.3) is 0 Å². The zero-order chi connectivity index (χ0) is 24.6. The summed E-state index contributed by atoms with van der Waals surface area (Å²) in [4.78, 5) is 5.78. The van der Waals surface area contributed by atoms with Crippen LogP contribution in [0.2, 0.25) is 0 Å². The standard InChI is InChI=1S/C26H27N5O2S2/c1-27-24-14-11-19(15-20(24)6-3-2-5-18-9-12-23(32)13-10-18)17-33-30-21-7-4-8-22(16-21)31-25(34)28-29-26(31)35/h2,4-5,7-16,27,30,32H,3,6,17H2,1H3,(H,28,34)(H,29,35)/b5-2+. The third-order valence-corrected chi connectivity index (χ3v) is 6.01. The van der Waals surface area contributed by atoms with Crippen molar-refractivity contribution in [3.8, 4) is 11.4 Å². The summed E-state index contributed by atoms with van der Waals surface area (Å²) in [6.45, 7) is 0.411. The Morgan fingerprint density at radius 3 is 2.51 bits per heavy atom. The second-order valence-corrected chi connectivity index (χ2v) is 8.68.